The van der Waals surface area contributed by atoms with Gasteiger partial charge in [0.1, 0.15) is 10.7 Å². The van der Waals surface area contributed by atoms with Crippen LogP contribution < -0.4 is 0 Å². The number of nitrogens with zero attached hydrogens (tertiary/aromatic N) is 1. The van der Waals surface area contributed by atoms with E-state index in [0.717, 1.165) is 10.4 Å². The first kappa shape index (κ1) is 16.2. The molecule has 0 bridgehead atoms. The van der Waals surface area contributed by atoms with Crippen LogP contribution in [0.15, 0.2) is 17.0 Å². The van der Waals surface area contributed by atoms with Crippen molar-refractivity contribution in [1.29, 1.82) is 0 Å². The van der Waals surface area contributed by atoms with Crippen molar-refractivity contribution in [1.82, 2.24) is 4.31 Å². The second kappa shape index (κ2) is 6.27. The highest BCUT2D eigenvalue weighted by Crippen LogP contribution is 2.27. The zero-order valence-electron chi connectivity index (χ0n) is 10.3. The zero-order valence-corrected chi connectivity index (χ0v) is 13.5. The summed E-state index contributed by atoms with van der Waals surface area (Å²) >= 11 is 11.4. The summed E-state index contributed by atoms with van der Waals surface area (Å²) < 4.78 is 51.4. The maximum Gasteiger partial charge on any atom is 0.246 e. The lowest BCUT2D eigenvalue weighted by Crippen LogP contribution is -2.42. The molecule has 1 aliphatic heterocycles. The first-order valence-corrected chi connectivity index (χ1v) is 9.59. The number of halogens is 3. The van der Waals surface area contributed by atoms with Gasteiger partial charge in [0.15, 0.2) is 0 Å². The molecule has 0 unspecified atom stereocenters. The van der Waals surface area contributed by atoms with Gasteiger partial charge in [0.2, 0.25) is 10.0 Å². The maximum atomic E-state index is 14.2. The summed E-state index contributed by atoms with van der Waals surface area (Å²) in [5.41, 5.74) is 0.0401. The molecule has 0 saturated carbocycles. The number of sulfonamides is 1. The van der Waals surface area contributed by atoms with E-state index in [-0.39, 0.29) is 41.1 Å². The normalized spacial score (nSPS) is 18.4. The average Bonchev–Trinajstić information content (AvgIpc) is 2.41. The second-order valence-corrected chi connectivity index (χ2v) is 8.57. The molecule has 2 rings (SSSR count). The monoisotopic (exact) mass is 359 g/mol. The Hall–Kier alpha value is -0.210. The van der Waals surface area contributed by atoms with Crippen LogP contribution in [0.25, 0.3) is 0 Å². The van der Waals surface area contributed by atoms with Gasteiger partial charge in [-0.3, -0.25) is 4.21 Å². The number of hydrogen-bond acceptors (Lipinski definition) is 3. The van der Waals surface area contributed by atoms with Gasteiger partial charge in [-0.05, 0) is 12.1 Å². The predicted molar refractivity (Wildman–Crippen MR) is 77.6 cm³/mol. The molecule has 1 fully saturated rings. The van der Waals surface area contributed by atoms with Gasteiger partial charge in [-0.15, -0.1) is 11.6 Å². The molecule has 0 aliphatic carbocycles. The lowest BCUT2D eigenvalue weighted by atomic mass is 10.2. The van der Waals surface area contributed by atoms with Crippen molar-refractivity contribution in [2.24, 2.45) is 0 Å². The van der Waals surface area contributed by atoms with E-state index in [1.165, 1.54) is 6.07 Å². The second-order valence-electron chi connectivity index (χ2n) is 4.26. The molecular formula is C11H12Cl2FNO3S2. The van der Waals surface area contributed by atoms with Crippen molar-refractivity contribution in [3.05, 3.63) is 28.5 Å². The Labute approximate surface area is 129 Å². The summed E-state index contributed by atoms with van der Waals surface area (Å²) in [5, 5.41) is 0.112. The molecular weight excluding hydrogens is 348 g/mol. The molecule has 1 aromatic carbocycles. The van der Waals surface area contributed by atoms with Gasteiger partial charge in [-0.25, -0.2) is 12.8 Å². The van der Waals surface area contributed by atoms with Crippen LogP contribution in [0.1, 0.15) is 5.56 Å². The predicted octanol–water partition coefficient (Wildman–Crippen LogP) is 1.97. The molecule has 4 nitrogen and oxygen atoms in total. The van der Waals surface area contributed by atoms with Gasteiger partial charge < -0.3 is 0 Å². The van der Waals surface area contributed by atoms with Crippen molar-refractivity contribution < 1.29 is 17.0 Å². The lowest BCUT2D eigenvalue weighted by Gasteiger charge is -2.26. The summed E-state index contributed by atoms with van der Waals surface area (Å²) in [5.74, 6) is -0.539. The van der Waals surface area contributed by atoms with Crippen LogP contribution in [0.4, 0.5) is 4.39 Å². The van der Waals surface area contributed by atoms with Crippen LogP contribution in [0.3, 0.4) is 0 Å². The highest BCUT2D eigenvalue weighted by Gasteiger charge is 2.31. The van der Waals surface area contributed by atoms with E-state index in [0.29, 0.717) is 0 Å². The minimum absolute atomic E-state index is 0.0401. The zero-order chi connectivity index (χ0) is 14.9. The molecule has 1 aliphatic rings. The van der Waals surface area contributed by atoms with E-state index in [1.54, 1.807) is 0 Å². The fourth-order valence-corrected chi connectivity index (χ4v) is 5.26. The van der Waals surface area contributed by atoms with Crippen molar-refractivity contribution in [2.75, 3.05) is 24.6 Å². The minimum Gasteiger partial charge on any atom is -0.259 e. The van der Waals surface area contributed by atoms with E-state index in [1.807, 2.05) is 0 Å². The summed E-state index contributed by atoms with van der Waals surface area (Å²) in [4.78, 5) is -0.478. The number of benzene rings is 1. The van der Waals surface area contributed by atoms with Gasteiger partial charge in [0.25, 0.3) is 0 Å². The summed E-state index contributed by atoms with van der Waals surface area (Å²) in [6.07, 6.45) is 0. The van der Waals surface area contributed by atoms with Crippen molar-refractivity contribution in [3.63, 3.8) is 0 Å². The Morgan fingerprint density at radius 2 is 1.90 bits per heavy atom. The first-order valence-electron chi connectivity index (χ1n) is 5.75. The van der Waals surface area contributed by atoms with Gasteiger partial charge in [-0.1, -0.05) is 11.6 Å². The highest BCUT2D eigenvalue weighted by molar-refractivity contribution is 7.89. The van der Waals surface area contributed by atoms with Crippen molar-refractivity contribution >= 4 is 44.0 Å². The summed E-state index contributed by atoms with van der Waals surface area (Å²) in [7, 11) is -5.01. The van der Waals surface area contributed by atoms with Gasteiger partial charge in [-0.2, -0.15) is 4.31 Å². The van der Waals surface area contributed by atoms with Gasteiger partial charge in [0.05, 0.1) is 5.88 Å². The Morgan fingerprint density at radius 1 is 1.30 bits per heavy atom. The van der Waals surface area contributed by atoms with Crippen molar-refractivity contribution in [3.8, 4) is 0 Å². The molecule has 0 amide bonds. The smallest absolute Gasteiger partial charge is 0.246 e. The third kappa shape index (κ3) is 3.17. The quantitative estimate of drug-likeness (QED) is 0.775. The van der Waals surface area contributed by atoms with E-state index in [9.17, 15) is 17.0 Å². The highest BCUT2D eigenvalue weighted by atomic mass is 35.5. The van der Waals surface area contributed by atoms with E-state index in [2.05, 4.69) is 0 Å². The van der Waals surface area contributed by atoms with E-state index in [4.69, 9.17) is 23.2 Å². The topological polar surface area (TPSA) is 54.5 Å². The van der Waals surface area contributed by atoms with Crippen LogP contribution in [0, 0.1) is 5.82 Å². The van der Waals surface area contributed by atoms with Crippen LogP contribution in [0.2, 0.25) is 5.02 Å². The lowest BCUT2D eigenvalue weighted by molar-refractivity contribution is 0.433. The molecule has 9 heteroatoms. The molecule has 0 spiro atoms. The van der Waals surface area contributed by atoms with Crippen LogP contribution >= 0.6 is 23.2 Å². The average molecular weight is 360 g/mol. The maximum absolute atomic E-state index is 14.2. The van der Waals surface area contributed by atoms with E-state index < -0.39 is 31.5 Å². The van der Waals surface area contributed by atoms with Crippen LogP contribution in [-0.4, -0.2) is 41.5 Å². The van der Waals surface area contributed by atoms with Gasteiger partial charge >= 0.3 is 0 Å². The minimum atomic E-state index is -3.99. The largest absolute Gasteiger partial charge is 0.259 e. The molecule has 1 heterocycles. The molecule has 0 aromatic heterocycles. The number of alkyl halides is 1. The molecule has 1 saturated heterocycles. The SMILES string of the molecule is O=S1CCN(S(=O)(=O)c2cc(Cl)cc(CCl)c2F)CC1. The summed E-state index contributed by atoms with van der Waals surface area (Å²) in [6, 6.07) is 2.38. The van der Waals surface area contributed by atoms with E-state index >= 15 is 0 Å². The number of hydrogen-bond donors (Lipinski definition) is 0. The Bertz CT molecular complexity index is 641. The fourth-order valence-electron chi connectivity index (χ4n) is 1.90. The Balaban J connectivity index is 2.44. The molecule has 112 valence electrons. The molecule has 0 radical (unpaired) electrons. The Kier molecular flexibility index (Phi) is 5.07. The number of rotatable bonds is 3. The Morgan fingerprint density at radius 3 is 2.45 bits per heavy atom. The molecule has 1 aromatic rings. The molecule has 20 heavy (non-hydrogen) atoms. The van der Waals surface area contributed by atoms with Gasteiger partial charge in [0, 0.05) is 46.0 Å². The first-order chi connectivity index (χ1) is 9.36. The standard InChI is InChI=1S/C11H12Cl2FNO3S2/c12-7-8-5-9(13)6-10(11(8)14)20(17,18)15-1-3-19(16)4-2-15/h5-6H,1-4,7H2. The molecule has 0 N–H and O–H groups in total. The summed E-state index contributed by atoms with van der Waals surface area (Å²) in [6.45, 7) is 0.216. The van der Waals surface area contributed by atoms with Crippen molar-refractivity contribution in [2.45, 2.75) is 10.8 Å². The third-order valence-electron chi connectivity index (χ3n) is 2.98. The fraction of sp³-hybridized carbons (Fsp3) is 0.455. The third-order valence-corrected chi connectivity index (χ3v) is 6.66. The van der Waals surface area contributed by atoms with Crippen LogP contribution in [-0.2, 0) is 26.7 Å². The molecule has 0 atom stereocenters. The van der Waals surface area contributed by atoms with Crippen LogP contribution in [0.5, 0.6) is 0 Å².